The summed E-state index contributed by atoms with van der Waals surface area (Å²) in [6.45, 7) is 0.0552. The summed E-state index contributed by atoms with van der Waals surface area (Å²) in [5, 5.41) is 12.3. The Morgan fingerprint density at radius 3 is 2.53 bits per heavy atom. The number of hydrogen-bond acceptors (Lipinski definition) is 2. The number of halogens is 1. The van der Waals surface area contributed by atoms with Gasteiger partial charge in [0.15, 0.2) is 0 Å². The Hall–Kier alpha value is -0.280. The summed E-state index contributed by atoms with van der Waals surface area (Å²) in [4.78, 5) is 11.6. The van der Waals surface area contributed by atoms with Crippen LogP contribution in [0.4, 0.5) is 0 Å². The summed E-state index contributed by atoms with van der Waals surface area (Å²) in [6.07, 6.45) is 6.36. The summed E-state index contributed by atoms with van der Waals surface area (Å²) >= 11 is 5.53. The Bertz CT molecular complexity index is 203. The molecule has 0 spiro atoms. The van der Waals surface area contributed by atoms with Crippen LogP contribution in [0.2, 0.25) is 0 Å². The first-order valence-corrected chi connectivity index (χ1v) is 6.24. The van der Waals surface area contributed by atoms with E-state index in [-0.39, 0.29) is 18.1 Å². The van der Waals surface area contributed by atoms with E-state index in [4.69, 9.17) is 11.6 Å². The highest BCUT2D eigenvalue weighted by Crippen LogP contribution is 2.27. The summed E-state index contributed by atoms with van der Waals surface area (Å²) in [5.41, 5.74) is -0.346. The van der Waals surface area contributed by atoms with Crippen molar-refractivity contribution in [1.29, 1.82) is 0 Å². The Morgan fingerprint density at radius 2 is 2.00 bits per heavy atom. The molecule has 0 aromatic rings. The minimum absolute atomic E-state index is 0.0200. The van der Waals surface area contributed by atoms with Gasteiger partial charge in [-0.05, 0) is 19.3 Å². The van der Waals surface area contributed by atoms with Gasteiger partial charge in [-0.1, -0.05) is 19.3 Å². The number of nitrogens with one attached hydrogen (secondary N) is 1. The van der Waals surface area contributed by atoms with E-state index in [2.05, 4.69) is 5.32 Å². The second-order valence-corrected chi connectivity index (χ2v) is 4.72. The Morgan fingerprint density at radius 1 is 1.33 bits per heavy atom. The van der Waals surface area contributed by atoms with Crippen molar-refractivity contribution in [2.24, 2.45) is 0 Å². The molecule has 0 unspecified atom stereocenters. The third kappa shape index (κ3) is 3.99. The van der Waals surface area contributed by atoms with Crippen LogP contribution in [-0.4, -0.2) is 29.0 Å². The van der Waals surface area contributed by atoms with E-state index in [1.165, 1.54) is 6.42 Å². The molecule has 0 aliphatic heterocycles. The van der Waals surface area contributed by atoms with Crippen molar-refractivity contribution in [3.63, 3.8) is 0 Å². The van der Waals surface area contributed by atoms with Crippen molar-refractivity contribution in [2.75, 3.05) is 12.5 Å². The third-order valence-electron chi connectivity index (χ3n) is 3.06. The van der Waals surface area contributed by atoms with Gasteiger partial charge < -0.3 is 10.4 Å². The highest BCUT2D eigenvalue weighted by Gasteiger charge is 2.32. The van der Waals surface area contributed by atoms with Crippen LogP contribution in [0.25, 0.3) is 0 Å². The van der Waals surface area contributed by atoms with E-state index in [0.29, 0.717) is 18.7 Å². The van der Waals surface area contributed by atoms with Crippen molar-refractivity contribution in [2.45, 2.75) is 50.5 Å². The standard InChI is InChI=1S/C11H20ClNO2/c12-8-4-5-10(15)13-11(9-14)6-2-1-3-7-11/h14H,1-9H2,(H,13,15). The van der Waals surface area contributed by atoms with Crippen molar-refractivity contribution in [1.82, 2.24) is 5.32 Å². The second kappa shape index (κ2) is 6.33. The number of aliphatic hydroxyl groups excluding tert-OH is 1. The van der Waals surface area contributed by atoms with Crippen molar-refractivity contribution < 1.29 is 9.90 Å². The molecule has 15 heavy (non-hydrogen) atoms. The minimum Gasteiger partial charge on any atom is -0.394 e. The molecular formula is C11H20ClNO2. The quantitative estimate of drug-likeness (QED) is 0.712. The fourth-order valence-corrected chi connectivity index (χ4v) is 2.27. The van der Waals surface area contributed by atoms with Crippen LogP contribution in [0, 0.1) is 0 Å². The van der Waals surface area contributed by atoms with Crippen molar-refractivity contribution in [3.05, 3.63) is 0 Å². The van der Waals surface area contributed by atoms with Gasteiger partial charge >= 0.3 is 0 Å². The van der Waals surface area contributed by atoms with E-state index in [1.54, 1.807) is 0 Å². The monoisotopic (exact) mass is 233 g/mol. The fourth-order valence-electron chi connectivity index (χ4n) is 2.14. The lowest BCUT2D eigenvalue weighted by atomic mass is 9.82. The molecule has 1 rings (SSSR count). The molecule has 0 aromatic carbocycles. The maximum Gasteiger partial charge on any atom is 0.220 e. The molecule has 3 nitrogen and oxygen atoms in total. The fraction of sp³-hybridized carbons (Fsp3) is 0.909. The van der Waals surface area contributed by atoms with E-state index in [1.807, 2.05) is 0 Å². The molecule has 0 heterocycles. The zero-order valence-corrected chi connectivity index (χ0v) is 9.85. The van der Waals surface area contributed by atoms with Gasteiger partial charge in [-0.2, -0.15) is 0 Å². The molecule has 0 bridgehead atoms. The molecule has 0 aromatic heterocycles. The van der Waals surface area contributed by atoms with Gasteiger partial charge in [0.1, 0.15) is 0 Å². The number of carbonyl (C=O) groups excluding carboxylic acids is 1. The smallest absolute Gasteiger partial charge is 0.220 e. The molecule has 1 fully saturated rings. The van der Waals surface area contributed by atoms with Crippen LogP contribution in [-0.2, 0) is 4.79 Å². The lowest BCUT2D eigenvalue weighted by molar-refractivity contribution is -0.124. The molecule has 1 amide bonds. The van der Waals surface area contributed by atoms with Crippen LogP contribution in [0.5, 0.6) is 0 Å². The SMILES string of the molecule is O=C(CCCCl)NC1(CO)CCCCC1. The van der Waals surface area contributed by atoms with E-state index >= 15 is 0 Å². The normalized spacial score (nSPS) is 19.9. The Labute approximate surface area is 96.2 Å². The summed E-state index contributed by atoms with van der Waals surface area (Å²) < 4.78 is 0. The first-order chi connectivity index (χ1) is 7.22. The Balaban J connectivity index is 2.40. The van der Waals surface area contributed by atoms with E-state index in [9.17, 15) is 9.90 Å². The molecule has 0 atom stereocenters. The zero-order chi connectivity index (χ0) is 11.1. The molecule has 0 radical (unpaired) electrons. The van der Waals surface area contributed by atoms with Crippen LogP contribution < -0.4 is 5.32 Å². The van der Waals surface area contributed by atoms with Crippen LogP contribution >= 0.6 is 11.6 Å². The largest absolute Gasteiger partial charge is 0.394 e. The van der Waals surface area contributed by atoms with E-state index < -0.39 is 0 Å². The number of alkyl halides is 1. The summed E-state index contributed by atoms with van der Waals surface area (Å²) in [6, 6.07) is 0. The topological polar surface area (TPSA) is 49.3 Å². The molecule has 4 heteroatoms. The van der Waals surface area contributed by atoms with E-state index in [0.717, 1.165) is 25.7 Å². The average molecular weight is 234 g/mol. The van der Waals surface area contributed by atoms with Crippen molar-refractivity contribution >= 4 is 17.5 Å². The molecule has 1 saturated carbocycles. The highest BCUT2D eigenvalue weighted by atomic mass is 35.5. The third-order valence-corrected chi connectivity index (χ3v) is 3.32. The summed E-state index contributed by atoms with van der Waals surface area (Å²) in [7, 11) is 0. The number of carbonyl (C=O) groups is 1. The van der Waals surface area contributed by atoms with Gasteiger partial charge in [0.25, 0.3) is 0 Å². The molecule has 2 N–H and O–H groups in total. The van der Waals surface area contributed by atoms with Gasteiger partial charge in [-0.3, -0.25) is 4.79 Å². The van der Waals surface area contributed by atoms with Gasteiger partial charge in [0.05, 0.1) is 12.1 Å². The lowest BCUT2D eigenvalue weighted by Gasteiger charge is -2.36. The van der Waals surface area contributed by atoms with Gasteiger partial charge in [0.2, 0.25) is 5.91 Å². The number of amides is 1. The first-order valence-electron chi connectivity index (χ1n) is 5.70. The predicted molar refractivity (Wildman–Crippen MR) is 61.0 cm³/mol. The van der Waals surface area contributed by atoms with Crippen LogP contribution in [0.15, 0.2) is 0 Å². The van der Waals surface area contributed by atoms with Gasteiger partial charge in [0, 0.05) is 12.3 Å². The molecule has 1 aliphatic rings. The molecule has 88 valence electrons. The average Bonchev–Trinajstić information content (AvgIpc) is 2.27. The van der Waals surface area contributed by atoms with Crippen LogP contribution in [0.1, 0.15) is 44.9 Å². The molecular weight excluding hydrogens is 214 g/mol. The highest BCUT2D eigenvalue weighted by molar-refractivity contribution is 6.17. The maximum absolute atomic E-state index is 11.6. The second-order valence-electron chi connectivity index (χ2n) is 4.34. The van der Waals surface area contributed by atoms with Crippen molar-refractivity contribution in [3.8, 4) is 0 Å². The van der Waals surface area contributed by atoms with Gasteiger partial charge in [-0.25, -0.2) is 0 Å². The molecule has 0 saturated heterocycles. The molecule has 1 aliphatic carbocycles. The number of aliphatic hydroxyl groups is 1. The predicted octanol–water partition coefficient (Wildman–Crippen LogP) is 1.82. The summed E-state index contributed by atoms with van der Waals surface area (Å²) in [5.74, 6) is 0.533. The lowest BCUT2D eigenvalue weighted by Crippen LogP contribution is -2.52. The number of rotatable bonds is 5. The minimum atomic E-state index is -0.346. The number of hydrogen-bond donors (Lipinski definition) is 2. The first kappa shape index (κ1) is 12.8. The Kier molecular flexibility index (Phi) is 5.40. The maximum atomic E-state index is 11.6. The van der Waals surface area contributed by atoms with Gasteiger partial charge in [-0.15, -0.1) is 11.6 Å². The van der Waals surface area contributed by atoms with Crippen LogP contribution in [0.3, 0.4) is 0 Å². The zero-order valence-electron chi connectivity index (χ0n) is 9.10.